The Bertz CT molecular complexity index is 411. The number of amides is 1. The number of carbonyl (C=O) groups is 2. The molecule has 110 valence electrons. The Morgan fingerprint density at radius 1 is 1.25 bits per heavy atom. The van der Waals surface area contributed by atoms with Gasteiger partial charge in [-0.25, -0.2) is 0 Å². The quantitative estimate of drug-likeness (QED) is 0.641. The first kappa shape index (κ1) is 16.5. The lowest BCUT2D eigenvalue weighted by Crippen LogP contribution is -2.26. The van der Waals surface area contributed by atoms with E-state index in [-0.39, 0.29) is 11.7 Å². The van der Waals surface area contributed by atoms with Crippen LogP contribution in [0.2, 0.25) is 0 Å². The molecule has 1 amide bonds. The van der Waals surface area contributed by atoms with Gasteiger partial charge in [0.25, 0.3) is 0 Å². The molecule has 0 unspecified atom stereocenters. The third-order valence-corrected chi connectivity index (χ3v) is 3.32. The van der Waals surface area contributed by atoms with Crippen LogP contribution in [0.15, 0.2) is 30.3 Å². The summed E-state index contributed by atoms with van der Waals surface area (Å²) < 4.78 is 5.41. The summed E-state index contributed by atoms with van der Waals surface area (Å²) in [5, 5.41) is 11.2. The fourth-order valence-corrected chi connectivity index (χ4v) is 2.00. The van der Waals surface area contributed by atoms with E-state index in [4.69, 9.17) is 9.84 Å². The van der Waals surface area contributed by atoms with Crippen molar-refractivity contribution in [1.29, 1.82) is 0 Å². The lowest BCUT2D eigenvalue weighted by molar-refractivity contribution is -0.133. The largest absolute Gasteiger partial charge is 0.481 e. The van der Waals surface area contributed by atoms with E-state index in [1.165, 1.54) is 11.8 Å². The summed E-state index contributed by atoms with van der Waals surface area (Å²) in [5.74, 6) is -0.247. The lowest BCUT2D eigenvalue weighted by atomic mass is 10.2. The van der Waals surface area contributed by atoms with Crippen LogP contribution in [0.1, 0.15) is 12.0 Å². The maximum atomic E-state index is 11.4. The van der Waals surface area contributed by atoms with Gasteiger partial charge in [-0.05, 0) is 5.56 Å². The Kier molecular flexibility index (Phi) is 8.49. The summed E-state index contributed by atoms with van der Waals surface area (Å²) in [7, 11) is 0. The molecule has 0 aliphatic rings. The van der Waals surface area contributed by atoms with Crippen LogP contribution in [0, 0.1) is 0 Å². The molecule has 0 saturated carbocycles. The fraction of sp³-hybridized carbons (Fsp3) is 0.429. The van der Waals surface area contributed by atoms with Gasteiger partial charge in [-0.15, -0.1) is 11.8 Å². The Morgan fingerprint density at radius 3 is 2.70 bits per heavy atom. The highest BCUT2D eigenvalue weighted by atomic mass is 32.2. The first-order chi connectivity index (χ1) is 9.68. The second kappa shape index (κ2) is 10.3. The van der Waals surface area contributed by atoms with Gasteiger partial charge in [0.15, 0.2) is 0 Å². The SMILES string of the molecule is O=C(O)CSCCNC(=O)CCOCc1ccccc1. The fourth-order valence-electron chi connectivity index (χ4n) is 1.44. The average molecular weight is 297 g/mol. The number of ether oxygens (including phenoxy) is 1. The first-order valence-corrected chi connectivity index (χ1v) is 7.52. The smallest absolute Gasteiger partial charge is 0.313 e. The summed E-state index contributed by atoms with van der Waals surface area (Å²) in [6, 6.07) is 9.78. The monoisotopic (exact) mass is 297 g/mol. The molecule has 1 aromatic rings. The first-order valence-electron chi connectivity index (χ1n) is 6.36. The number of carboxylic acids is 1. The predicted octanol–water partition coefficient (Wildman–Crippen LogP) is 1.53. The zero-order valence-corrected chi connectivity index (χ0v) is 12.0. The van der Waals surface area contributed by atoms with Crippen LogP contribution in [0.4, 0.5) is 0 Å². The molecule has 0 aliphatic heterocycles. The van der Waals surface area contributed by atoms with Gasteiger partial charge in [0, 0.05) is 18.7 Å². The van der Waals surface area contributed by atoms with E-state index in [9.17, 15) is 9.59 Å². The number of thioether (sulfide) groups is 1. The van der Waals surface area contributed by atoms with E-state index in [0.717, 1.165) is 5.56 Å². The zero-order valence-electron chi connectivity index (χ0n) is 11.2. The maximum absolute atomic E-state index is 11.4. The molecule has 2 N–H and O–H groups in total. The molecule has 0 radical (unpaired) electrons. The van der Waals surface area contributed by atoms with E-state index in [0.29, 0.717) is 31.9 Å². The third-order valence-electron chi connectivity index (χ3n) is 2.38. The highest BCUT2D eigenvalue weighted by Crippen LogP contribution is 2.01. The molecule has 0 saturated heterocycles. The molecule has 0 aromatic heterocycles. The molecule has 0 bridgehead atoms. The Hall–Kier alpha value is -1.53. The van der Waals surface area contributed by atoms with Gasteiger partial charge in [-0.1, -0.05) is 30.3 Å². The summed E-state index contributed by atoms with van der Waals surface area (Å²) in [6.45, 7) is 1.36. The van der Waals surface area contributed by atoms with Crippen LogP contribution in [0.5, 0.6) is 0 Å². The molecular formula is C14H19NO4S. The van der Waals surface area contributed by atoms with Crippen molar-refractivity contribution < 1.29 is 19.4 Å². The van der Waals surface area contributed by atoms with Crippen LogP contribution < -0.4 is 5.32 Å². The van der Waals surface area contributed by atoms with Gasteiger partial charge in [-0.3, -0.25) is 9.59 Å². The molecule has 1 rings (SSSR count). The summed E-state index contributed by atoms with van der Waals surface area (Å²) in [6.07, 6.45) is 0.316. The number of aliphatic carboxylic acids is 1. The van der Waals surface area contributed by atoms with Crippen molar-refractivity contribution in [3.8, 4) is 0 Å². The highest BCUT2D eigenvalue weighted by molar-refractivity contribution is 7.99. The summed E-state index contributed by atoms with van der Waals surface area (Å²) >= 11 is 1.28. The molecule has 0 heterocycles. The highest BCUT2D eigenvalue weighted by Gasteiger charge is 2.02. The summed E-state index contributed by atoms with van der Waals surface area (Å²) in [5.41, 5.74) is 1.08. The number of carbonyl (C=O) groups excluding carboxylic acids is 1. The number of hydrogen-bond donors (Lipinski definition) is 2. The van der Waals surface area contributed by atoms with Crippen LogP contribution in [0.25, 0.3) is 0 Å². The minimum absolute atomic E-state index is 0.0655. The van der Waals surface area contributed by atoms with Gasteiger partial charge < -0.3 is 15.2 Å². The minimum Gasteiger partial charge on any atom is -0.481 e. The standard InChI is InChI=1S/C14H19NO4S/c16-13(15-7-9-20-11-14(17)18)6-8-19-10-12-4-2-1-3-5-12/h1-5H,6-11H2,(H,15,16)(H,17,18). The van der Waals surface area contributed by atoms with Crippen molar-refractivity contribution >= 4 is 23.6 Å². The van der Waals surface area contributed by atoms with Crippen LogP contribution in [-0.4, -0.2) is 41.6 Å². The van der Waals surface area contributed by atoms with E-state index >= 15 is 0 Å². The Labute approximate surface area is 122 Å². The number of carboxylic acid groups (broad SMARTS) is 1. The molecular weight excluding hydrogens is 278 g/mol. The van der Waals surface area contributed by atoms with Crippen molar-refractivity contribution in [3.05, 3.63) is 35.9 Å². The van der Waals surface area contributed by atoms with Crippen molar-refractivity contribution in [3.63, 3.8) is 0 Å². The average Bonchev–Trinajstić information content (AvgIpc) is 2.44. The minimum atomic E-state index is -0.837. The normalized spacial score (nSPS) is 10.2. The molecule has 0 fully saturated rings. The van der Waals surface area contributed by atoms with E-state index in [1.54, 1.807) is 0 Å². The molecule has 0 spiro atoms. The number of rotatable bonds is 10. The van der Waals surface area contributed by atoms with Crippen molar-refractivity contribution in [1.82, 2.24) is 5.32 Å². The molecule has 20 heavy (non-hydrogen) atoms. The maximum Gasteiger partial charge on any atom is 0.313 e. The van der Waals surface area contributed by atoms with Crippen molar-refractivity contribution in [2.45, 2.75) is 13.0 Å². The van der Waals surface area contributed by atoms with E-state index in [2.05, 4.69) is 5.32 Å². The third kappa shape index (κ3) is 8.55. The molecule has 0 aliphatic carbocycles. The Morgan fingerprint density at radius 2 is 2.00 bits per heavy atom. The number of benzene rings is 1. The molecule has 6 heteroatoms. The zero-order chi connectivity index (χ0) is 14.6. The lowest BCUT2D eigenvalue weighted by Gasteiger charge is -2.06. The Balaban J connectivity index is 1.96. The van der Waals surface area contributed by atoms with Gasteiger partial charge in [0.1, 0.15) is 0 Å². The topological polar surface area (TPSA) is 75.6 Å². The second-order valence-corrected chi connectivity index (χ2v) is 5.19. The number of nitrogens with one attached hydrogen (secondary N) is 1. The second-order valence-electron chi connectivity index (χ2n) is 4.08. The van der Waals surface area contributed by atoms with Gasteiger partial charge in [0.2, 0.25) is 5.91 Å². The van der Waals surface area contributed by atoms with Crippen LogP contribution in [-0.2, 0) is 20.9 Å². The van der Waals surface area contributed by atoms with Gasteiger partial charge >= 0.3 is 5.97 Å². The van der Waals surface area contributed by atoms with Crippen molar-refractivity contribution in [2.24, 2.45) is 0 Å². The van der Waals surface area contributed by atoms with E-state index in [1.807, 2.05) is 30.3 Å². The van der Waals surface area contributed by atoms with E-state index < -0.39 is 5.97 Å². The van der Waals surface area contributed by atoms with Gasteiger partial charge in [-0.2, -0.15) is 0 Å². The number of hydrogen-bond acceptors (Lipinski definition) is 4. The molecule has 1 aromatic carbocycles. The van der Waals surface area contributed by atoms with Gasteiger partial charge in [0.05, 0.1) is 19.0 Å². The molecule has 0 atom stereocenters. The predicted molar refractivity (Wildman–Crippen MR) is 78.7 cm³/mol. The van der Waals surface area contributed by atoms with Crippen LogP contribution in [0.3, 0.4) is 0 Å². The van der Waals surface area contributed by atoms with Crippen LogP contribution >= 0.6 is 11.8 Å². The van der Waals surface area contributed by atoms with Crippen molar-refractivity contribution in [2.75, 3.05) is 24.7 Å². The summed E-state index contributed by atoms with van der Waals surface area (Å²) in [4.78, 5) is 21.7. The molecule has 5 nitrogen and oxygen atoms in total.